The molecule has 0 spiro atoms. The molecule has 1 atom stereocenters. The molecule has 3 N–H and O–H groups in total. The fourth-order valence-electron chi connectivity index (χ4n) is 3.39. The topological polar surface area (TPSA) is 74.0 Å². The molecule has 0 aliphatic carbocycles. The number of nitrogens with two attached hydrogens (primary N) is 1. The molecule has 0 saturated carbocycles. The van der Waals surface area contributed by atoms with Crippen molar-refractivity contribution in [3.8, 4) is 0 Å². The zero-order valence-corrected chi connectivity index (χ0v) is 19.1. The fraction of sp³-hybridized carbons (Fsp3) is 0.600. The Labute approximate surface area is 180 Å². The number of anilines is 1. The Bertz CT molecular complexity index is 603. The number of halogens is 1. The second-order valence-electron chi connectivity index (χ2n) is 7.17. The predicted octanol–water partition coefficient (Wildman–Crippen LogP) is 2.47. The van der Waals surface area contributed by atoms with E-state index in [1.54, 1.807) is 0 Å². The normalized spacial score (nSPS) is 17.2. The van der Waals surface area contributed by atoms with Gasteiger partial charge in [0.2, 0.25) is 5.91 Å². The molecule has 1 aromatic carbocycles. The van der Waals surface area contributed by atoms with Crippen LogP contribution < -0.4 is 16.0 Å². The zero-order chi connectivity index (χ0) is 18.9. The van der Waals surface area contributed by atoms with Gasteiger partial charge >= 0.3 is 0 Å². The maximum Gasteiger partial charge on any atom is 0.217 e. The lowest BCUT2D eigenvalue weighted by molar-refractivity contribution is -0.119. The third kappa shape index (κ3) is 7.94. The summed E-state index contributed by atoms with van der Waals surface area (Å²) in [6.07, 6.45) is 3.53. The summed E-state index contributed by atoms with van der Waals surface area (Å²) >= 11 is 0. The fourth-order valence-corrected chi connectivity index (χ4v) is 3.39. The van der Waals surface area contributed by atoms with Crippen LogP contribution in [-0.2, 0) is 11.2 Å². The number of likely N-dealkylation sites (tertiary alicyclic amines) is 1. The first-order valence-corrected chi connectivity index (χ1v) is 9.57. The van der Waals surface area contributed by atoms with Crippen LogP contribution in [0.5, 0.6) is 0 Å². The van der Waals surface area contributed by atoms with Crippen molar-refractivity contribution in [1.29, 1.82) is 0 Å². The Balaban J connectivity index is 0.00000364. The van der Waals surface area contributed by atoms with Crippen molar-refractivity contribution >= 4 is 41.5 Å². The molecule has 1 fully saturated rings. The molecule has 1 aliphatic rings. The van der Waals surface area contributed by atoms with Gasteiger partial charge in [0.25, 0.3) is 0 Å². The quantitative estimate of drug-likeness (QED) is 0.352. The smallest absolute Gasteiger partial charge is 0.217 e. The van der Waals surface area contributed by atoms with E-state index in [9.17, 15) is 4.79 Å². The molecule has 0 bridgehead atoms. The first kappa shape index (κ1) is 23.5. The maximum atomic E-state index is 11.2. The molecule has 1 heterocycles. The first-order valence-electron chi connectivity index (χ1n) is 9.57. The van der Waals surface area contributed by atoms with Gasteiger partial charge in [-0.05, 0) is 49.8 Å². The minimum Gasteiger partial charge on any atom is -0.378 e. The van der Waals surface area contributed by atoms with Gasteiger partial charge in [-0.25, -0.2) is 0 Å². The lowest BCUT2D eigenvalue weighted by Gasteiger charge is -2.34. The Hall–Kier alpha value is -1.51. The number of guanidine groups is 1. The molecule has 1 aromatic rings. The van der Waals surface area contributed by atoms with Crippen molar-refractivity contribution in [1.82, 2.24) is 10.2 Å². The van der Waals surface area contributed by atoms with Gasteiger partial charge in [0.15, 0.2) is 5.96 Å². The van der Waals surface area contributed by atoms with Gasteiger partial charge in [0.05, 0.1) is 0 Å². The van der Waals surface area contributed by atoms with Gasteiger partial charge in [-0.3, -0.25) is 9.79 Å². The van der Waals surface area contributed by atoms with Crippen LogP contribution in [0.3, 0.4) is 0 Å². The van der Waals surface area contributed by atoms with Gasteiger partial charge in [0, 0.05) is 52.4 Å². The molecule has 1 amide bonds. The first-order chi connectivity index (χ1) is 12.5. The second-order valence-corrected chi connectivity index (χ2v) is 7.17. The number of hydrogen-bond donors (Lipinski definition) is 2. The summed E-state index contributed by atoms with van der Waals surface area (Å²) in [6, 6.07) is 8.62. The number of hydrogen-bond acceptors (Lipinski definition) is 3. The molecule has 27 heavy (non-hydrogen) atoms. The van der Waals surface area contributed by atoms with Crippen LogP contribution in [0.25, 0.3) is 0 Å². The summed E-state index contributed by atoms with van der Waals surface area (Å²) in [5.74, 6) is 1.08. The molecule has 1 unspecified atom stereocenters. The van der Waals surface area contributed by atoms with Gasteiger partial charge in [-0.15, -0.1) is 24.0 Å². The third-order valence-corrected chi connectivity index (χ3v) is 4.76. The van der Waals surface area contributed by atoms with Gasteiger partial charge in [-0.1, -0.05) is 12.1 Å². The van der Waals surface area contributed by atoms with E-state index in [1.807, 2.05) is 14.1 Å². The minimum absolute atomic E-state index is 0. The minimum atomic E-state index is -0.208. The number of aliphatic imine (C=N–C) groups is 1. The summed E-state index contributed by atoms with van der Waals surface area (Å²) in [7, 11) is 4.10. The molecule has 1 aliphatic heterocycles. The number of primary amides is 1. The van der Waals surface area contributed by atoms with E-state index in [2.05, 4.69) is 46.3 Å². The standard InChI is InChI=1S/C20H33N5O.HI/c1-4-22-20(25-13-5-6-17(15-25)14-19(21)26)23-12-11-16-7-9-18(10-8-16)24(2)3;/h7-10,17H,4-6,11-15H2,1-3H3,(H2,21,26)(H,22,23);1H. The molecule has 0 radical (unpaired) electrons. The average molecular weight is 487 g/mol. The molecular weight excluding hydrogens is 453 g/mol. The van der Waals surface area contributed by atoms with Crippen molar-refractivity contribution in [2.75, 3.05) is 45.2 Å². The van der Waals surface area contributed by atoms with E-state index in [1.165, 1.54) is 11.3 Å². The SMILES string of the molecule is CCNC(=NCCc1ccc(N(C)C)cc1)N1CCCC(CC(N)=O)C1.I. The average Bonchev–Trinajstić information content (AvgIpc) is 2.61. The highest BCUT2D eigenvalue weighted by molar-refractivity contribution is 14.0. The summed E-state index contributed by atoms with van der Waals surface area (Å²) in [5.41, 5.74) is 7.87. The monoisotopic (exact) mass is 487 g/mol. The van der Waals surface area contributed by atoms with E-state index < -0.39 is 0 Å². The number of amides is 1. The Morgan fingerprint density at radius 3 is 2.63 bits per heavy atom. The molecule has 0 aromatic heterocycles. The number of nitrogens with zero attached hydrogens (tertiary/aromatic N) is 3. The van der Waals surface area contributed by atoms with Crippen molar-refractivity contribution in [3.05, 3.63) is 29.8 Å². The molecular formula is C20H34IN5O. The van der Waals surface area contributed by atoms with Crippen molar-refractivity contribution in [3.63, 3.8) is 0 Å². The van der Waals surface area contributed by atoms with E-state index in [0.29, 0.717) is 12.3 Å². The van der Waals surface area contributed by atoms with E-state index in [0.717, 1.165) is 51.4 Å². The molecule has 2 rings (SSSR count). The van der Waals surface area contributed by atoms with Gasteiger partial charge in [-0.2, -0.15) is 0 Å². The number of benzene rings is 1. The van der Waals surface area contributed by atoms with Crippen LogP contribution in [0, 0.1) is 5.92 Å². The van der Waals surface area contributed by atoms with Crippen molar-refractivity contribution in [2.24, 2.45) is 16.6 Å². The molecule has 1 saturated heterocycles. The molecule has 7 heteroatoms. The largest absolute Gasteiger partial charge is 0.378 e. The maximum absolute atomic E-state index is 11.2. The Morgan fingerprint density at radius 1 is 1.33 bits per heavy atom. The van der Waals surface area contributed by atoms with Crippen LogP contribution in [0.1, 0.15) is 31.7 Å². The molecule has 6 nitrogen and oxygen atoms in total. The van der Waals surface area contributed by atoms with Crippen LogP contribution in [0.4, 0.5) is 5.69 Å². The van der Waals surface area contributed by atoms with E-state index >= 15 is 0 Å². The van der Waals surface area contributed by atoms with E-state index in [4.69, 9.17) is 10.7 Å². The van der Waals surface area contributed by atoms with Crippen LogP contribution in [-0.4, -0.2) is 57.0 Å². The van der Waals surface area contributed by atoms with Gasteiger partial charge in [0.1, 0.15) is 0 Å². The Kier molecular flexibility index (Phi) is 10.5. The summed E-state index contributed by atoms with van der Waals surface area (Å²) in [6.45, 7) is 5.51. The summed E-state index contributed by atoms with van der Waals surface area (Å²) in [4.78, 5) is 20.4. The summed E-state index contributed by atoms with van der Waals surface area (Å²) in [5, 5.41) is 3.39. The zero-order valence-electron chi connectivity index (χ0n) is 16.8. The molecule has 152 valence electrons. The second kappa shape index (κ2) is 12.0. The highest BCUT2D eigenvalue weighted by Crippen LogP contribution is 2.19. The number of carbonyl (C=O) groups excluding carboxylic acids is 1. The van der Waals surface area contributed by atoms with Crippen LogP contribution >= 0.6 is 24.0 Å². The lowest BCUT2D eigenvalue weighted by atomic mass is 9.95. The highest BCUT2D eigenvalue weighted by Gasteiger charge is 2.23. The predicted molar refractivity (Wildman–Crippen MR) is 124 cm³/mol. The third-order valence-electron chi connectivity index (χ3n) is 4.76. The van der Waals surface area contributed by atoms with Crippen molar-refractivity contribution in [2.45, 2.75) is 32.6 Å². The van der Waals surface area contributed by atoms with Crippen LogP contribution in [0.15, 0.2) is 29.3 Å². The van der Waals surface area contributed by atoms with Crippen LogP contribution in [0.2, 0.25) is 0 Å². The summed E-state index contributed by atoms with van der Waals surface area (Å²) < 4.78 is 0. The lowest BCUT2D eigenvalue weighted by Crippen LogP contribution is -2.47. The van der Waals surface area contributed by atoms with Crippen molar-refractivity contribution < 1.29 is 4.79 Å². The van der Waals surface area contributed by atoms with E-state index in [-0.39, 0.29) is 29.9 Å². The Morgan fingerprint density at radius 2 is 2.04 bits per heavy atom. The number of piperidine rings is 1. The number of rotatable bonds is 7. The highest BCUT2D eigenvalue weighted by atomic mass is 127. The number of nitrogens with one attached hydrogen (secondary N) is 1. The number of carbonyl (C=O) groups is 1. The van der Waals surface area contributed by atoms with Gasteiger partial charge < -0.3 is 20.9 Å².